The Kier molecular flexibility index (Phi) is 5.53. The molecule has 0 spiro atoms. The standard InChI is InChI=1S/C21H15ClF2N8O/c1-9(28-18-14(8-25)17(26)30-21(27)31-18)19-29-16-13(3-2-4-15(16)22)20(33)32(19)12-6-10(23)5-11(24)7-12/h2-7,9H,1H3,(H5,26,27,28,30,31)/t9-/m0/s1. The minimum absolute atomic E-state index is 0.000442. The fourth-order valence-corrected chi connectivity index (χ4v) is 3.60. The second kappa shape index (κ2) is 8.33. The SMILES string of the molecule is C[C@H](Nc1nc(N)nc(N)c1C#N)c1nc2c(Cl)cccc2c(=O)n1-c1cc(F)cc(F)c1. The molecule has 0 fully saturated rings. The van der Waals surface area contributed by atoms with E-state index in [0.29, 0.717) is 6.07 Å². The fraction of sp³-hybridized carbons (Fsp3) is 0.0952. The van der Waals surface area contributed by atoms with Crippen LogP contribution in [0.2, 0.25) is 5.02 Å². The number of benzene rings is 2. The first kappa shape index (κ1) is 21.9. The van der Waals surface area contributed by atoms with Gasteiger partial charge in [-0.2, -0.15) is 15.2 Å². The first-order valence-corrected chi connectivity index (χ1v) is 9.84. The van der Waals surface area contributed by atoms with E-state index in [0.717, 1.165) is 16.7 Å². The summed E-state index contributed by atoms with van der Waals surface area (Å²) in [5.74, 6) is -2.03. The number of nitrogen functional groups attached to an aromatic ring is 2. The molecule has 0 aliphatic heterocycles. The molecule has 4 aromatic rings. The molecule has 2 heterocycles. The van der Waals surface area contributed by atoms with E-state index in [-0.39, 0.29) is 50.6 Å². The number of aromatic nitrogens is 4. The second-order valence-electron chi connectivity index (χ2n) is 7.04. The molecule has 0 saturated carbocycles. The fourth-order valence-electron chi connectivity index (χ4n) is 3.38. The lowest BCUT2D eigenvalue weighted by Crippen LogP contribution is -2.28. The molecule has 9 nitrogen and oxygen atoms in total. The van der Waals surface area contributed by atoms with Crippen molar-refractivity contribution in [2.75, 3.05) is 16.8 Å². The summed E-state index contributed by atoms with van der Waals surface area (Å²) < 4.78 is 29.1. The topological polar surface area (TPSA) is 149 Å². The van der Waals surface area contributed by atoms with Crippen molar-refractivity contribution in [1.82, 2.24) is 19.5 Å². The first-order valence-electron chi connectivity index (χ1n) is 9.47. The van der Waals surface area contributed by atoms with E-state index >= 15 is 0 Å². The molecule has 5 N–H and O–H groups in total. The summed E-state index contributed by atoms with van der Waals surface area (Å²) in [5.41, 5.74) is 10.8. The van der Waals surface area contributed by atoms with Gasteiger partial charge in [0.05, 0.1) is 27.7 Å². The van der Waals surface area contributed by atoms with E-state index in [1.165, 1.54) is 6.07 Å². The van der Waals surface area contributed by atoms with Crippen molar-refractivity contribution in [3.63, 3.8) is 0 Å². The Hall–Kier alpha value is -4.30. The number of nitriles is 1. The summed E-state index contributed by atoms with van der Waals surface area (Å²) >= 11 is 6.26. The van der Waals surface area contributed by atoms with Crippen LogP contribution in [0, 0.1) is 23.0 Å². The molecule has 0 saturated heterocycles. The Morgan fingerprint density at radius 1 is 1.15 bits per heavy atom. The molecule has 2 aromatic carbocycles. The van der Waals surface area contributed by atoms with Crippen molar-refractivity contribution in [1.29, 1.82) is 5.26 Å². The van der Waals surface area contributed by atoms with E-state index in [9.17, 15) is 18.8 Å². The number of fused-ring (bicyclic) bond motifs is 1. The molecular formula is C21H15ClF2N8O. The Balaban J connectivity index is 1.98. The van der Waals surface area contributed by atoms with Gasteiger partial charge in [-0.3, -0.25) is 9.36 Å². The maximum absolute atomic E-state index is 14.0. The molecular weight excluding hydrogens is 454 g/mol. The van der Waals surface area contributed by atoms with Crippen molar-refractivity contribution in [2.45, 2.75) is 13.0 Å². The third-order valence-corrected chi connectivity index (χ3v) is 5.09. The zero-order valence-corrected chi connectivity index (χ0v) is 17.7. The maximum Gasteiger partial charge on any atom is 0.266 e. The van der Waals surface area contributed by atoms with Crippen LogP contribution in [-0.4, -0.2) is 19.5 Å². The Bertz CT molecular complexity index is 1500. The van der Waals surface area contributed by atoms with Crippen LogP contribution in [0.3, 0.4) is 0 Å². The summed E-state index contributed by atoms with van der Waals surface area (Å²) in [6.45, 7) is 1.60. The highest BCUT2D eigenvalue weighted by atomic mass is 35.5. The second-order valence-corrected chi connectivity index (χ2v) is 7.45. The predicted octanol–water partition coefficient (Wildman–Crippen LogP) is 3.32. The number of para-hydroxylation sites is 1. The molecule has 0 radical (unpaired) electrons. The molecule has 12 heteroatoms. The van der Waals surface area contributed by atoms with Crippen molar-refractivity contribution in [2.24, 2.45) is 0 Å². The van der Waals surface area contributed by atoms with Crippen LogP contribution in [0.1, 0.15) is 24.4 Å². The molecule has 0 bridgehead atoms. The minimum Gasteiger partial charge on any atom is -0.382 e. The number of nitrogens with two attached hydrogens (primary N) is 2. The van der Waals surface area contributed by atoms with Crippen LogP contribution in [0.15, 0.2) is 41.2 Å². The summed E-state index contributed by atoms with van der Waals surface area (Å²) in [5, 5.41) is 12.7. The van der Waals surface area contributed by atoms with Crippen LogP contribution in [-0.2, 0) is 0 Å². The maximum atomic E-state index is 14.0. The lowest BCUT2D eigenvalue weighted by molar-refractivity contribution is 0.579. The average molecular weight is 469 g/mol. The molecule has 0 aliphatic rings. The number of hydrogen-bond acceptors (Lipinski definition) is 8. The van der Waals surface area contributed by atoms with Gasteiger partial charge in [-0.15, -0.1) is 0 Å². The van der Waals surface area contributed by atoms with Gasteiger partial charge in [0.25, 0.3) is 5.56 Å². The van der Waals surface area contributed by atoms with Gasteiger partial charge in [-0.25, -0.2) is 13.8 Å². The van der Waals surface area contributed by atoms with Crippen LogP contribution in [0.4, 0.5) is 26.4 Å². The Labute approximate surface area is 190 Å². The van der Waals surface area contributed by atoms with Crippen molar-refractivity contribution in [3.8, 4) is 11.8 Å². The number of halogens is 3. The van der Waals surface area contributed by atoms with E-state index in [1.807, 2.05) is 6.07 Å². The summed E-state index contributed by atoms with van der Waals surface area (Å²) in [6, 6.07) is 8.37. The highest BCUT2D eigenvalue weighted by Gasteiger charge is 2.22. The molecule has 0 aliphatic carbocycles. The van der Waals surface area contributed by atoms with Gasteiger partial charge in [0.1, 0.15) is 34.9 Å². The number of nitrogens with zero attached hydrogens (tertiary/aromatic N) is 5. The molecule has 2 aromatic heterocycles. The quantitative estimate of drug-likeness (QED) is 0.413. The van der Waals surface area contributed by atoms with Crippen LogP contribution < -0.4 is 22.3 Å². The normalized spacial score (nSPS) is 11.8. The van der Waals surface area contributed by atoms with Gasteiger partial charge < -0.3 is 16.8 Å². The lowest BCUT2D eigenvalue weighted by atomic mass is 10.2. The highest BCUT2D eigenvalue weighted by Crippen LogP contribution is 2.27. The van der Waals surface area contributed by atoms with E-state index in [4.69, 9.17) is 23.1 Å². The number of anilines is 3. The van der Waals surface area contributed by atoms with Crippen molar-refractivity contribution in [3.05, 3.63) is 74.8 Å². The average Bonchev–Trinajstić information content (AvgIpc) is 2.73. The van der Waals surface area contributed by atoms with Gasteiger partial charge in [0.2, 0.25) is 5.95 Å². The molecule has 33 heavy (non-hydrogen) atoms. The molecule has 1 atom stereocenters. The van der Waals surface area contributed by atoms with E-state index < -0.39 is 23.2 Å². The lowest BCUT2D eigenvalue weighted by Gasteiger charge is -2.21. The van der Waals surface area contributed by atoms with Gasteiger partial charge in [-0.1, -0.05) is 17.7 Å². The number of rotatable bonds is 4. The highest BCUT2D eigenvalue weighted by molar-refractivity contribution is 6.35. The predicted molar refractivity (Wildman–Crippen MR) is 120 cm³/mol. The van der Waals surface area contributed by atoms with Crippen molar-refractivity contribution >= 4 is 40.1 Å². The summed E-state index contributed by atoms with van der Waals surface area (Å²) in [7, 11) is 0. The van der Waals surface area contributed by atoms with E-state index in [1.54, 1.807) is 19.1 Å². The third kappa shape index (κ3) is 3.99. The van der Waals surface area contributed by atoms with Crippen LogP contribution in [0.25, 0.3) is 16.6 Å². The molecule has 0 unspecified atom stereocenters. The monoisotopic (exact) mass is 468 g/mol. The van der Waals surface area contributed by atoms with Gasteiger partial charge >= 0.3 is 0 Å². The van der Waals surface area contributed by atoms with Crippen LogP contribution >= 0.6 is 11.6 Å². The Morgan fingerprint density at radius 3 is 2.52 bits per heavy atom. The minimum atomic E-state index is -0.877. The van der Waals surface area contributed by atoms with Gasteiger partial charge in [-0.05, 0) is 31.2 Å². The number of nitrogens with one attached hydrogen (secondary N) is 1. The number of hydrogen-bond donors (Lipinski definition) is 3. The van der Waals surface area contributed by atoms with Gasteiger partial charge in [0, 0.05) is 6.07 Å². The molecule has 166 valence electrons. The molecule has 0 amide bonds. The first-order chi connectivity index (χ1) is 15.7. The third-order valence-electron chi connectivity index (χ3n) is 4.79. The zero-order chi connectivity index (χ0) is 23.9. The molecule has 4 rings (SSSR count). The largest absolute Gasteiger partial charge is 0.382 e. The van der Waals surface area contributed by atoms with E-state index in [2.05, 4.69) is 20.3 Å². The van der Waals surface area contributed by atoms with Crippen molar-refractivity contribution < 1.29 is 8.78 Å². The van der Waals surface area contributed by atoms with Gasteiger partial charge in [0.15, 0.2) is 5.82 Å². The smallest absolute Gasteiger partial charge is 0.266 e. The van der Waals surface area contributed by atoms with Crippen LogP contribution in [0.5, 0.6) is 0 Å². The Morgan fingerprint density at radius 2 is 1.85 bits per heavy atom. The summed E-state index contributed by atoms with van der Waals surface area (Å²) in [4.78, 5) is 25.6. The zero-order valence-electron chi connectivity index (χ0n) is 17.0. The summed E-state index contributed by atoms with van der Waals surface area (Å²) in [6.07, 6.45) is 0.